The standard InChI is InChI=1S/C14H23NO2/c1-5-15-13(8-16)9-17-14-7-10(2)6-11(3)12(14)4/h6-7,13,15-16H,5,8-9H2,1-4H3. The Hall–Kier alpha value is -1.06. The lowest BCUT2D eigenvalue weighted by molar-refractivity contribution is 0.184. The van der Waals surface area contributed by atoms with Crippen LogP contribution in [0.4, 0.5) is 0 Å². The van der Waals surface area contributed by atoms with Gasteiger partial charge in [-0.05, 0) is 50.1 Å². The Labute approximate surface area is 104 Å². The molecule has 96 valence electrons. The second-order valence-electron chi connectivity index (χ2n) is 4.45. The van der Waals surface area contributed by atoms with Crippen molar-refractivity contribution in [3.05, 3.63) is 28.8 Å². The first-order chi connectivity index (χ1) is 8.08. The van der Waals surface area contributed by atoms with E-state index in [2.05, 4.69) is 32.2 Å². The molecule has 0 radical (unpaired) electrons. The number of rotatable bonds is 6. The van der Waals surface area contributed by atoms with Crippen LogP contribution in [0.25, 0.3) is 0 Å². The number of aliphatic hydroxyl groups is 1. The van der Waals surface area contributed by atoms with E-state index in [1.54, 1.807) is 0 Å². The van der Waals surface area contributed by atoms with Gasteiger partial charge in [-0.1, -0.05) is 13.0 Å². The fourth-order valence-corrected chi connectivity index (χ4v) is 1.81. The molecule has 0 fully saturated rings. The van der Waals surface area contributed by atoms with Gasteiger partial charge in [0.25, 0.3) is 0 Å². The van der Waals surface area contributed by atoms with E-state index in [1.165, 1.54) is 16.7 Å². The van der Waals surface area contributed by atoms with E-state index in [1.807, 2.05) is 13.0 Å². The van der Waals surface area contributed by atoms with Crippen molar-refractivity contribution in [1.29, 1.82) is 0 Å². The van der Waals surface area contributed by atoms with Crippen molar-refractivity contribution in [2.24, 2.45) is 0 Å². The molecule has 3 nitrogen and oxygen atoms in total. The van der Waals surface area contributed by atoms with Gasteiger partial charge in [0.2, 0.25) is 0 Å². The first-order valence-electron chi connectivity index (χ1n) is 6.13. The molecular weight excluding hydrogens is 214 g/mol. The lowest BCUT2D eigenvalue weighted by atomic mass is 10.1. The van der Waals surface area contributed by atoms with E-state index >= 15 is 0 Å². The molecule has 1 atom stereocenters. The van der Waals surface area contributed by atoms with Gasteiger partial charge in [0.15, 0.2) is 0 Å². The molecule has 1 aromatic rings. The molecule has 1 unspecified atom stereocenters. The Balaban J connectivity index is 2.68. The summed E-state index contributed by atoms with van der Waals surface area (Å²) in [5.74, 6) is 0.916. The van der Waals surface area contributed by atoms with E-state index < -0.39 is 0 Å². The Bertz CT molecular complexity index is 363. The maximum absolute atomic E-state index is 9.17. The second-order valence-corrected chi connectivity index (χ2v) is 4.45. The van der Waals surface area contributed by atoms with Crippen molar-refractivity contribution < 1.29 is 9.84 Å². The molecule has 1 aromatic carbocycles. The summed E-state index contributed by atoms with van der Waals surface area (Å²) in [4.78, 5) is 0. The van der Waals surface area contributed by atoms with Crippen molar-refractivity contribution in [3.63, 3.8) is 0 Å². The highest BCUT2D eigenvalue weighted by Gasteiger charge is 2.09. The smallest absolute Gasteiger partial charge is 0.122 e. The quantitative estimate of drug-likeness (QED) is 0.794. The normalized spacial score (nSPS) is 12.5. The molecule has 0 saturated heterocycles. The van der Waals surface area contributed by atoms with Crippen LogP contribution >= 0.6 is 0 Å². The lowest BCUT2D eigenvalue weighted by Crippen LogP contribution is -2.37. The van der Waals surface area contributed by atoms with Gasteiger partial charge in [-0.15, -0.1) is 0 Å². The van der Waals surface area contributed by atoms with E-state index in [9.17, 15) is 5.11 Å². The van der Waals surface area contributed by atoms with Crippen LogP contribution < -0.4 is 10.1 Å². The number of benzene rings is 1. The molecule has 0 spiro atoms. The molecule has 0 aromatic heterocycles. The maximum atomic E-state index is 9.17. The molecule has 1 rings (SSSR count). The largest absolute Gasteiger partial charge is 0.492 e. The van der Waals surface area contributed by atoms with Crippen LogP contribution in [-0.4, -0.2) is 30.9 Å². The Morgan fingerprint density at radius 2 is 2.00 bits per heavy atom. The third-order valence-corrected chi connectivity index (χ3v) is 2.92. The van der Waals surface area contributed by atoms with E-state index in [-0.39, 0.29) is 12.6 Å². The number of hydrogen-bond acceptors (Lipinski definition) is 3. The summed E-state index contributed by atoms with van der Waals surface area (Å²) in [6.45, 7) is 9.65. The van der Waals surface area contributed by atoms with Gasteiger partial charge < -0.3 is 15.2 Å². The monoisotopic (exact) mass is 237 g/mol. The van der Waals surface area contributed by atoms with Gasteiger partial charge >= 0.3 is 0 Å². The Kier molecular flexibility index (Phi) is 5.45. The summed E-state index contributed by atoms with van der Waals surface area (Å²) in [5.41, 5.74) is 3.61. The molecule has 0 amide bonds. The van der Waals surface area contributed by atoms with Gasteiger partial charge in [0.05, 0.1) is 12.6 Å². The minimum Gasteiger partial charge on any atom is -0.492 e. The van der Waals surface area contributed by atoms with Crippen LogP contribution in [0, 0.1) is 20.8 Å². The fraction of sp³-hybridized carbons (Fsp3) is 0.571. The van der Waals surface area contributed by atoms with Gasteiger partial charge in [0.1, 0.15) is 12.4 Å². The fourth-order valence-electron chi connectivity index (χ4n) is 1.81. The molecule has 0 aliphatic rings. The van der Waals surface area contributed by atoms with Crippen LogP contribution in [0.5, 0.6) is 5.75 Å². The van der Waals surface area contributed by atoms with Crippen LogP contribution in [0.2, 0.25) is 0 Å². The number of aliphatic hydroxyl groups excluding tert-OH is 1. The minimum absolute atomic E-state index is 0.000202. The molecule has 2 N–H and O–H groups in total. The molecule has 0 aliphatic carbocycles. The van der Waals surface area contributed by atoms with Crippen molar-refractivity contribution in [1.82, 2.24) is 5.32 Å². The average molecular weight is 237 g/mol. The highest BCUT2D eigenvalue weighted by molar-refractivity contribution is 5.41. The average Bonchev–Trinajstić information content (AvgIpc) is 2.30. The van der Waals surface area contributed by atoms with Crippen molar-refractivity contribution in [2.45, 2.75) is 33.7 Å². The Morgan fingerprint density at radius 3 is 2.59 bits per heavy atom. The van der Waals surface area contributed by atoms with Gasteiger partial charge in [0, 0.05) is 0 Å². The van der Waals surface area contributed by atoms with E-state index in [4.69, 9.17) is 4.74 Å². The topological polar surface area (TPSA) is 41.5 Å². The molecule has 17 heavy (non-hydrogen) atoms. The summed E-state index contributed by atoms with van der Waals surface area (Å²) in [6, 6.07) is 4.19. The van der Waals surface area contributed by atoms with Crippen LogP contribution in [0.15, 0.2) is 12.1 Å². The molecule has 3 heteroatoms. The minimum atomic E-state index is 0.000202. The van der Waals surface area contributed by atoms with Gasteiger partial charge in [-0.3, -0.25) is 0 Å². The first kappa shape index (κ1) is 14.0. The van der Waals surface area contributed by atoms with Crippen LogP contribution in [0.3, 0.4) is 0 Å². The van der Waals surface area contributed by atoms with Crippen LogP contribution in [0.1, 0.15) is 23.6 Å². The predicted molar refractivity (Wildman–Crippen MR) is 70.7 cm³/mol. The molecule has 0 bridgehead atoms. The molecular formula is C14H23NO2. The van der Waals surface area contributed by atoms with Crippen LogP contribution in [-0.2, 0) is 0 Å². The third kappa shape index (κ3) is 4.02. The number of ether oxygens (including phenoxy) is 1. The molecule has 0 saturated carbocycles. The summed E-state index contributed by atoms with van der Waals surface area (Å²) in [7, 11) is 0. The van der Waals surface area contributed by atoms with Crippen molar-refractivity contribution >= 4 is 0 Å². The third-order valence-electron chi connectivity index (χ3n) is 2.92. The van der Waals surface area contributed by atoms with E-state index in [0.717, 1.165) is 12.3 Å². The summed E-state index contributed by atoms with van der Waals surface area (Å²) >= 11 is 0. The summed E-state index contributed by atoms with van der Waals surface area (Å²) in [6.07, 6.45) is 0. The van der Waals surface area contributed by atoms with Crippen molar-refractivity contribution in [2.75, 3.05) is 19.8 Å². The zero-order chi connectivity index (χ0) is 12.8. The van der Waals surface area contributed by atoms with Crippen molar-refractivity contribution in [3.8, 4) is 5.75 Å². The zero-order valence-electron chi connectivity index (χ0n) is 11.2. The number of likely N-dealkylation sites (N-methyl/N-ethyl adjacent to an activating group) is 1. The zero-order valence-corrected chi connectivity index (χ0v) is 11.2. The van der Waals surface area contributed by atoms with Gasteiger partial charge in [-0.2, -0.15) is 0 Å². The molecule has 0 heterocycles. The lowest BCUT2D eigenvalue weighted by Gasteiger charge is -2.18. The number of aryl methyl sites for hydroxylation is 2. The highest BCUT2D eigenvalue weighted by atomic mass is 16.5. The SMILES string of the molecule is CCNC(CO)COc1cc(C)cc(C)c1C. The Morgan fingerprint density at radius 1 is 1.29 bits per heavy atom. The number of nitrogens with one attached hydrogen (secondary N) is 1. The first-order valence-corrected chi connectivity index (χ1v) is 6.13. The highest BCUT2D eigenvalue weighted by Crippen LogP contribution is 2.23. The number of hydrogen-bond donors (Lipinski definition) is 2. The maximum Gasteiger partial charge on any atom is 0.122 e. The second kappa shape index (κ2) is 6.62. The van der Waals surface area contributed by atoms with Gasteiger partial charge in [-0.25, -0.2) is 0 Å². The summed E-state index contributed by atoms with van der Waals surface area (Å²) < 4.78 is 5.78. The van der Waals surface area contributed by atoms with E-state index in [0.29, 0.717) is 6.61 Å². The predicted octanol–water partition coefficient (Wildman–Crippen LogP) is 1.96. The summed E-state index contributed by atoms with van der Waals surface area (Å²) in [5, 5.41) is 12.3. The molecule has 0 aliphatic heterocycles.